The second-order valence-corrected chi connectivity index (χ2v) is 5.80. The molecular formula is C14H14BrNOS. The molecule has 94 valence electrons. The minimum atomic E-state index is 0.686. The Morgan fingerprint density at radius 2 is 2.22 bits per heavy atom. The molecule has 0 fully saturated rings. The van der Waals surface area contributed by atoms with Gasteiger partial charge in [-0.1, -0.05) is 6.07 Å². The average molecular weight is 324 g/mol. The SMILES string of the molecule is CCN(Cc1cccs1)c1ccc(C=O)c(Br)c1. The summed E-state index contributed by atoms with van der Waals surface area (Å²) in [6, 6.07) is 10.1. The Balaban J connectivity index is 2.22. The van der Waals surface area contributed by atoms with Crippen LogP contribution in [0.5, 0.6) is 0 Å². The summed E-state index contributed by atoms with van der Waals surface area (Å²) in [7, 11) is 0. The van der Waals surface area contributed by atoms with Crippen LogP contribution in [0.3, 0.4) is 0 Å². The molecular weight excluding hydrogens is 310 g/mol. The molecule has 1 aromatic carbocycles. The number of hydrogen-bond donors (Lipinski definition) is 0. The summed E-state index contributed by atoms with van der Waals surface area (Å²) >= 11 is 5.19. The summed E-state index contributed by atoms with van der Waals surface area (Å²) in [5.41, 5.74) is 1.81. The zero-order chi connectivity index (χ0) is 13.0. The number of anilines is 1. The molecule has 0 aliphatic carbocycles. The molecule has 18 heavy (non-hydrogen) atoms. The van der Waals surface area contributed by atoms with Crippen LogP contribution >= 0.6 is 27.3 Å². The summed E-state index contributed by atoms with van der Waals surface area (Å²) in [6.45, 7) is 3.97. The number of rotatable bonds is 5. The highest BCUT2D eigenvalue weighted by molar-refractivity contribution is 9.10. The van der Waals surface area contributed by atoms with E-state index >= 15 is 0 Å². The van der Waals surface area contributed by atoms with Gasteiger partial charge in [0.15, 0.2) is 6.29 Å². The van der Waals surface area contributed by atoms with E-state index in [4.69, 9.17) is 0 Å². The first-order valence-electron chi connectivity index (χ1n) is 5.76. The first-order valence-corrected chi connectivity index (χ1v) is 7.44. The van der Waals surface area contributed by atoms with Gasteiger partial charge in [-0.15, -0.1) is 11.3 Å². The number of carbonyl (C=O) groups excluding carboxylic acids is 1. The summed E-state index contributed by atoms with van der Waals surface area (Å²) in [5, 5.41) is 2.09. The van der Waals surface area contributed by atoms with Gasteiger partial charge in [-0.25, -0.2) is 0 Å². The zero-order valence-electron chi connectivity index (χ0n) is 10.1. The highest BCUT2D eigenvalue weighted by Gasteiger charge is 2.08. The molecule has 1 heterocycles. The number of aldehydes is 1. The highest BCUT2D eigenvalue weighted by atomic mass is 79.9. The lowest BCUT2D eigenvalue weighted by Gasteiger charge is -2.23. The van der Waals surface area contributed by atoms with E-state index in [2.05, 4.69) is 45.3 Å². The molecule has 0 unspecified atom stereocenters. The Hall–Kier alpha value is -1.13. The maximum atomic E-state index is 10.8. The van der Waals surface area contributed by atoms with Crippen molar-refractivity contribution in [2.24, 2.45) is 0 Å². The fraction of sp³-hybridized carbons (Fsp3) is 0.214. The van der Waals surface area contributed by atoms with E-state index in [1.54, 1.807) is 11.3 Å². The molecule has 0 aliphatic heterocycles. The topological polar surface area (TPSA) is 20.3 Å². The van der Waals surface area contributed by atoms with E-state index in [0.717, 1.165) is 29.5 Å². The number of benzene rings is 1. The van der Waals surface area contributed by atoms with Gasteiger partial charge < -0.3 is 4.90 Å². The molecule has 0 aliphatic rings. The third-order valence-electron chi connectivity index (χ3n) is 2.78. The molecule has 0 amide bonds. The van der Waals surface area contributed by atoms with Crippen molar-refractivity contribution in [2.45, 2.75) is 13.5 Å². The second kappa shape index (κ2) is 6.16. The third-order valence-corrected chi connectivity index (χ3v) is 4.33. The van der Waals surface area contributed by atoms with Crippen LogP contribution in [0, 0.1) is 0 Å². The van der Waals surface area contributed by atoms with Crippen LogP contribution in [0.25, 0.3) is 0 Å². The molecule has 0 saturated carbocycles. The monoisotopic (exact) mass is 323 g/mol. The van der Waals surface area contributed by atoms with Gasteiger partial charge >= 0.3 is 0 Å². The summed E-state index contributed by atoms with van der Waals surface area (Å²) in [4.78, 5) is 14.4. The number of nitrogens with zero attached hydrogens (tertiary/aromatic N) is 1. The van der Waals surface area contributed by atoms with Crippen molar-refractivity contribution in [1.29, 1.82) is 0 Å². The Labute approximate surface area is 119 Å². The van der Waals surface area contributed by atoms with Gasteiger partial charge in [0.1, 0.15) is 0 Å². The molecule has 0 N–H and O–H groups in total. The maximum absolute atomic E-state index is 10.8. The van der Waals surface area contributed by atoms with Crippen LogP contribution in [0.4, 0.5) is 5.69 Å². The van der Waals surface area contributed by atoms with Gasteiger partial charge in [0.25, 0.3) is 0 Å². The van der Waals surface area contributed by atoms with Crippen molar-refractivity contribution in [3.8, 4) is 0 Å². The predicted molar refractivity (Wildman–Crippen MR) is 80.6 cm³/mol. The number of halogens is 1. The average Bonchev–Trinajstić information content (AvgIpc) is 2.88. The van der Waals surface area contributed by atoms with Gasteiger partial charge in [-0.05, 0) is 52.5 Å². The molecule has 0 bridgehead atoms. The zero-order valence-corrected chi connectivity index (χ0v) is 12.5. The second-order valence-electron chi connectivity index (χ2n) is 3.92. The number of hydrogen-bond acceptors (Lipinski definition) is 3. The minimum absolute atomic E-state index is 0.686. The van der Waals surface area contributed by atoms with Crippen molar-refractivity contribution in [2.75, 3.05) is 11.4 Å². The predicted octanol–water partition coefficient (Wildman–Crippen LogP) is 4.35. The molecule has 1 aromatic heterocycles. The quantitative estimate of drug-likeness (QED) is 0.762. The Morgan fingerprint density at radius 3 is 2.78 bits per heavy atom. The number of thiophene rings is 1. The first kappa shape index (κ1) is 13.3. The lowest BCUT2D eigenvalue weighted by atomic mass is 10.2. The summed E-state index contributed by atoms with van der Waals surface area (Å²) in [5.74, 6) is 0. The largest absolute Gasteiger partial charge is 0.367 e. The van der Waals surface area contributed by atoms with Crippen molar-refractivity contribution < 1.29 is 4.79 Å². The maximum Gasteiger partial charge on any atom is 0.151 e. The van der Waals surface area contributed by atoms with E-state index in [1.165, 1.54) is 4.88 Å². The van der Waals surface area contributed by atoms with Crippen molar-refractivity contribution in [3.05, 3.63) is 50.6 Å². The third kappa shape index (κ3) is 3.00. The van der Waals surface area contributed by atoms with E-state index in [9.17, 15) is 4.79 Å². The highest BCUT2D eigenvalue weighted by Crippen LogP contribution is 2.25. The molecule has 2 aromatic rings. The van der Waals surface area contributed by atoms with E-state index < -0.39 is 0 Å². The van der Waals surface area contributed by atoms with Crippen LogP contribution in [0.15, 0.2) is 40.2 Å². The standard InChI is InChI=1S/C14H14BrNOS/c1-2-16(9-13-4-3-7-18-13)12-6-5-11(10-17)14(15)8-12/h3-8,10H,2,9H2,1H3. The summed E-state index contributed by atoms with van der Waals surface area (Å²) in [6.07, 6.45) is 0.865. The molecule has 0 radical (unpaired) electrons. The van der Waals surface area contributed by atoms with Crippen LogP contribution in [-0.2, 0) is 6.54 Å². The van der Waals surface area contributed by atoms with Crippen LogP contribution in [-0.4, -0.2) is 12.8 Å². The van der Waals surface area contributed by atoms with E-state index in [0.29, 0.717) is 5.56 Å². The molecule has 2 rings (SSSR count). The number of carbonyl (C=O) groups is 1. The molecule has 0 atom stereocenters. The van der Waals surface area contributed by atoms with Crippen molar-refractivity contribution in [3.63, 3.8) is 0 Å². The van der Waals surface area contributed by atoms with E-state index in [1.807, 2.05) is 18.2 Å². The minimum Gasteiger partial charge on any atom is -0.367 e. The van der Waals surface area contributed by atoms with Gasteiger partial charge in [0.05, 0.1) is 6.54 Å². The van der Waals surface area contributed by atoms with Crippen LogP contribution in [0.1, 0.15) is 22.2 Å². The lowest BCUT2D eigenvalue weighted by molar-refractivity contribution is 0.112. The Bertz CT molecular complexity index is 525. The van der Waals surface area contributed by atoms with Gasteiger partial charge in [0, 0.05) is 27.1 Å². The summed E-state index contributed by atoms with van der Waals surface area (Å²) < 4.78 is 0.847. The van der Waals surface area contributed by atoms with Crippen molar-refractivity contribution in [1.82, 2.24) is 0 Å². The van der Waals surface area contributed by atoms with Gasteiger partial charge in [-0.2, -0.15) is 0 Å². The smallest absolute Gasteiger partial charge is 0.151 e. The molecule has 4 heteroatoms. The lowest BCUT2D eigenvalue weighted by Crippen LogP contribution is -2.21. The molecule has 2 nitrogen and oxygen atoms in total. The molecule has 0 saturated heterocycles. The van der Waals surface area contributed by atoms with Gasteiger partial charge in [-0.3, -0.25) is 4.79 Å². The van der Waals surface area contributed by atoms with Crippen LogP contribution < -0.4 is 4.90 Å². The fourth-order valence-corrected chi connectivity index (χ4v) is 2.96. The fourth-order valence-electron chi connectivity index (χ4n) is 1.78. The van der Waals surface area contributed by atoms with Crippen molar-refractivity contribution >= 4 is 39.2 Å². The van der Waals surface area contributed by atoms with E-state index in [-0.39, 0.29) is 0 Å². The van der Waals surface area contributed by atoms with Gasteiger partial charge in [0.2, 0.25) is 0 Å². The Morgan fingerprint density at radius 1 is 1.39 bits per heavy atom. The normalized spacial score (nSPS) is 10.3. The van der Waals surface area contributed by atoms with Crippen LogP contribution in [0.2, 0.25) is 0 Å². The Kier molecular flexibility index (Phi) is 4.55. The molecule has 0 spiro atoms. The first-order chi connectivity index (χ1) is 8.74.